The van der Waals surface area contributed by atoms with E-state index in [0.717, 1.165) is 0 Å². The Kier molecular flexibility index (Phi) is 5.95. The lowest BCUT2D eigenvalue weighted by Crippen LogP contribution is -2.33. The minimum absolute atomic E-state index is 0.0572. The number of nitrogens with zero attached hydrogens (tertiary/aromatic N) is 4. The van der Waals surface area contributed by atoms with Crippen LogP contribution in [0, 0.1) is 0 Å². The molecule has 0 amide bonds. The molecule has 29 heavy (non-hydrogen) atoms. The summed E-state index contributed by atoms with van der Waals surface area (Å²) in [6, 6.07) is 0. The maximum Gasteiger partial charge on any atom is 0.481 e. The van der Waals surface area contributed by atoms with Gasteiger partial charge in [-0.25, -0.2) is 14.1 Å². The van der Waals surface area contributed by atoms with E-state index in [-0.39, 0.29) is 22.9 Å². The van der Waals surface area contributed by atoms with Crippen LogP contribution < -0.4 is 11.1 Å². The molecule has 2 aromatic rings. The molecule has 1 fully saturated rings. The molecule has 8 N–H and O–H groups in total. The number of rotatable bonds is 7. The van der Waals surface area contributed by atoms with Crippen molar-refractivity contribution in [3.63, 3.8) is 0 Å². The summed E-state index contributed by atoms with van der Waals surface area (Å²) < 4.78 is 37.0. The molecule has 16 nitrogen and oxygen atoms in total. The molecule has 1 aliphatic rings. The van der Waals surface area contributed by atoms with Gasteiger partial charge in [0, 0.05) is 7.05 Å². The van der Waals surface area contributed by atoms with Crippen LogP contribution in [0.4, 0.5) is 11.8 Å². The molecule has 5 atom stereocenters. The molecule has 0 spiro atoms. The Balaban J connectivity index is 1.80. The first-order valence-electron chi connectivity index (χ1n) is 7.85. The molecule has 0 aliphatic carbocycles. The van der Waals surface area contributed by atoms with Crippen molar-refractivity contribution in [3.05, 3.63) is 6.33 Å². The minimum Gasteiger partial charge on any atom is -0.387 e. The number of fused-ring (bicyclic) bond motifs is 1. The first kappa shape index (κ1) is 22.0. The third-order valence-electron chi connectivity index (χ3n) is 3.89. The quantitative estimate of drug-likeness (QED) is 0.229. The zero-order chi connectivity index (χ0) is 21.6. The summed E-state index contributed by atoms with van der Waals surface area (Å²) in [5, 5.41) is 23.2. The topological polar surface area (TPSA) is 245 Å². The molecule has 1 saturated heterocycles. The van der Waals surface area contributed by atoms with Gasteiger partial charge in [-0.1, -0.05) is 0 Å². The van der Waals surface area contributed by atoms with Crippen molar-refractivity contribution < 1.29 is 47.6 Å². The molecule has 1 aliphatic heterocycles. The van der Waals surface area contributed by atoms with Crippen molar-refractivity contribution in [1.29, 1.82) is 0 Å². The maximum atomic E-state index is 11.5. The normalized spacial score (nSPS) is 27.2. The molecule has 3 heterocycles. The molecule has 0 bridgehead atoms. The molecule has 2 aromatic heterocycles. The maximum absolute atomic E-state index is 11.5. The van der Waals surface area contributed by atoms with E-state index in [2.05, 4.69) is 29.1 Å². The van der Waals surface area contributed by atoms with E-state index in [1.54, 1.807) is 7.05 Å². The highest BCUT2D eigenvalue weighted by atomic mass is 31.3. The molecule has 5 unspecified atom stereocenters. The lowest BCUT2D eigenvalue weighted by atomic mass is 10.1. The fourth-order valence-corrected chi connectivity index (χ4v) is 4.26. The Bertz CT molecular complexity index is 996. The van der Waals surface area contributed by atoms with Crippen LogP contribution in [0.1, 0.15) is 6.23 Å². The summed E-state index contributed by atoms with van der Waals surface area (Å²) in [5.41, 5.74) is 6.19. The molecule has 0 aromatic carbocycles. The average molecular weight is 456 g/mol. The van der Waals surface area contributed by atoms with Crippen LogP contribution >= 0.6 is 15.6 Å². The summed E-state index contributed by atoms with van der Waals surface area (Å²) in [7, 11) is -8.89. The number of phosphoric acid groups is 2. The Hall–Kier alpha value is -1.71. The zero-order valence-corrected chi connectivity index (χ0v) is 16.4. The molecule has 162 valence electrons. The SMILES string of the molecule is CNc1nc(N)c2ncn(C3OC(COP(=O)(O)OP(=O)(O)O)C(O)C3O)c2n1. The highest BCUT2D eigenvalue weighted by molar-refractivity contribution is 7.60. The number of imidazole rings is 1. The number of ether oxygens (including phenoxy) is 1. The van der Waals surface area contributed by atoms with E-state index in [9.17, 15) is 24.2 Å². The Labute approximate surface area is 162 Å². The highest BCUT2D eigenvalue weighted by Gasteiger charge is 2.46. The molecule has 18 heteroatoms. The van der Waals surface area contributed by atoms with Crippen LogP contribution in [0.25, 0.3) is 11.2 Å². The summed E-state index contributed by atoms with van der Waals surface area (Å²) >= 11 is 0. The van der Waals surface area contributed by atoms with Gasteiger partial charge in [0.1, 0.15) is 23.8 Å². The second kappa shape index (κ2) is 7.85. The molecule has 3 rings (SSSR count). The van der Waals surface area contributed by atoms with Crippen molar-refractivity contribution in [1.82, 2.24) is 19.5 Å². The van der Waals surface area contributed by atoms with Gasteiger partial charge in [0.2, 0.25) is 5.95 Å². The monoisotopic (exact) mass is 456 g/mol. The second-order valence-electron chi connectivity index (χ2n) is 5.89. The van der Waals surface area contributed by atoms with Gasteiger partial charge in [0.05, 0.1) is 12.9 Å². The third-order valence-corrected chi connectivity index (χ3v) is 6.05. The summed E-state index contributed by atoms with van der Waals surface area (Å²) in [6.45, 7) is -0.825. The van der Waals surface area contributed by atoms with E-state index in [4.69, 9.17) is 20.3 Å². The lowest BCUT2D eigenvalue weighted by molar-refractivity contribution is -0.0503. The van der Waals surface area contributed by atoms with E-state index in [1.807, 2.05) is 0 Å². The fraction of sp³-hybridized carbons (Fsp3) is 0.545. The smallest absolute Gasteiger partial charge is 0.387 e. The van der Waals surface area contributed by atoms with E-state index in [0.29, 0.717) is 0 Å². The van der Waals surface area contributed by atoms with Crippen LogP contribution in [0.5, 0.6) is 0 Å². The van der Waals surface area contributed by atoms with Gasteiger partial charge in [-0.2, -0.15) is 14.3 Å². The van der Waals surface area contributed by atoms with Crippen LogP contribution in [0.2, 0.25) is 0 Å². The standard InChI is InChI=1S/C11H18N6O10P2/c1-13-11-15-8(12)5-9(16-11)17(3-14-5)10-7(19)6(18)4(26-10)2-25-29(23,24)27-28(20,21)22/h3-4,6-7,10,18-19H,2H2,1H3,(H,23,24)(H2,20,21,22)(H3,12,13,15,16). The number of nitrogens with one attached hydrogen (secondary N) is 1. The number of aliphatic hydroxyl groups is 2. The number of nitrogens with two attached hydrogens (primary N) is 1. The van der Waals surface area contributed by atoms with Gasteiger partial charge in [0.15, 0.2) is 17.7 Å². The first-order valence-corrected chi connectivity index (χ1v) is 10.9. The van der Waals surface area contributed by atoms with E-state index in [1.165, 1.54) is 10.9 Å². The summed E-state index contributed by atoms with van der Waals surface area (Å²) in [4.78, 5) is 38.7. The minimum atomic E-state index is -5.30. The van der Waals surface area contributed by atoms with Crippen molar-refractivity contribution in [3.8, 4) is 0 Å². The van der Waals surface area contributed by atoms with Crippen LogP contribution in [-0.2, 0) is 22.7 Å². The largest absolute Gasteiger partial charge is 0.481 e. The lowest BCUT2D eigenvalue weighted by Gasteiger charge is -2.17. The van der Waals surface area contributed by atoms with Gasteiger partial charge in [0.25, 0.3) is 0 Å². The summed E-state index contributed by atoms with van der Waals surface area (Å²) in [6.07, 6.45) is -4.46. The van der Waals surface area contributed by atoms with Crippen molar-refractivity contribution >= 4 is 38.6 Å². The zero-order valence-electron chi connectivity index (χ0n) is 14.6. The van der Waals surface area contributed by atoms with Gasteiger partial charge >= 0.3 is 15.6 Å². The Morgan fingerprint density at radius 1 is 1.28 bits per heavy atom. The first-order chi connectivity index (χ1) is 13.4. The number of aromatic nitrogens is 4. The predicted molar refractivity (Wildman–Crippen MR) is 94.1 cm³/mol. The van der Waals surface area contributed by atoms with Gasteiger partial charge in [-0.05, 0) is 0 Å². The van der Waals surface area contributed by atoms with Crippen LogP contribution in [-0.4, -0.2) is 76.4 Å². The van der Waals surface area contributed by atoms with Crippen molar-refractivity contribution in [2.75, 3.05) is 24.7 Å². The van der Waals surface area contributed by atoms with Crippen molar-refractivity contribution in [2.24, 2.45) is 0 Å². The summed E-state index contributed by atoms with van der Waals surface area (Å²) in [5.74, 6) is 0.224. The fourth-order valence-electron chi connectivity index (χ4n) is 2.66. The number of anilines is 2. The van der Waals surface area contributed by atoms with Crippen LogP contribution in [0.15, 0.2) is 6.33 Å². The van der Waals surface area contributed by atoms with Gasteiger partial charge < -0.3 is 40.7 Å². The third kappa shape index (κ3) is 4.73. The average Bonchev–Trinajstić information content (AvgIpc) is 3.13. The Morgan fingerprint density at radius 3 is 2.59 bits per heavy atom. The number of hydrogen-bond donors (Lipinski definition) is 7. The van der Waals surface area contributed by atoms with E-state index < -0.39 is 46.8 Å². The predicted octanol–water partition coefficient (Wildman–Crippen LogP) is -1.70. The number of hydrogen-bond acceptors (Lipinski definition) is 12. The van der Waals surface area contributed by atoms with Crippen molar-refractivity contribution in [2.45, 2.75) is 24.5 Å². The molecular formula is C11H18N6O10P2. The molecule has 0 saturated carbocycles. The highest BCUT2D eigenvalue weighted by Crippen LogP contribution is 2.57. The molecule has 0 radical (unpaired) electrons. The number of aliphatic hydroxyl groups excluding tert-OH is 2. The van der Waals surface area contributed by atoms with Gasteiger partial charge in [-0.3, -0.25) is 9.09 Å². The Morgan fingerprint density at radius 2 is 1.97 bits per heavy atom. The van der Waals surface area contributed by atoms with Crippen LogP contribution in [0.3, 0.4) is 0 Å². The number of phosphoric ester groups is 1. The number of nitrogen functional groups attached to an aromatic ring is 1. The van der Waals surface area contributed by atoms with E-state index >= 15 is 0 Å². The molecular weight excluding hydrogens is 438 g/mol. The second-order valence-corrected chi connectivity index (χ2v) is 8.72. The van der Waals surface area contributed by atoms with Gasteiger partial charge in [-0.15, -0.1) is 0 Å².